The molecule has 1 aliphatic rings. The van der Waals surface area contributed by atoms with Crippen LogP contribution in [0, 0.1) is 5.92 Å². The quantitative estimate of drug-likeness (QED) is 0.697. The van der Waals surface area contributed by atoms with Gasteiger partial charge in [0.1, 0.15) is 0 Å². The Labute approximate surface area is 169 Å². The molecule has 0 aromatic heterocycles. The lowest BCUT2D eigenvalue weighted by atomic mass is 9.92. The number of hydrogen-bond donors (Lipinski definition) is 2. The number of carbonyl (C=O) groups is 1. The molecule has 7 heteroatoms. The maximum atomic E-state index is 12.2. The molecule has 150 valence electrons. The normalized spacial score (nSPS) is 15.7. The Morgan fingerprint density at radius 3 is 2.23 bits per heavy atom. The van der Waals surface area contributed by atoms with Crippen molar-refractivity contribution in [2.45, 2.75) is 45.8 Å². The van der Waals surface area contributed by atoms with E-state index in [0.29, 0.717) is 19.8 Å². The number of ether oxygens (including phenoxy) is 1. The number of nitrogens with zero attached hydrogens (tertiary/aromatic N) is 1. The Kier molecular flexibility index (Phi) is 12.9. The van der Waals surface area contributed by atoms with Crippen LogP contribution in [0.5, 0.6) is 0 Å². The molecule has 2 rings (SSSR count). The number of nitrogens with one attached hydrogen (secondary N) is 1. The molecule has 3 N–H and O–H groups in total. The molecule has 1 aromatic rings. The molecule has 1 amide bonds. The predicted octanol–water partition coefficient (Wildman–Crippen LogP) is 2.74. The maximum absolute atomic E-state index is 12.2. The molecule has 1 heterocycles. The smallest absolute Gasteiger partial charge is 0.237 e. The van der Waals surface area contributed by atoms with Gasteiger partial charge in [0.25, 0.3) is 0 Å². The molecule has 0 radical (unpaired) electrons. The predicted molar refractivity (Wildman–Crippen MR) is 111 cm³/mol. The van der Waals surface area contributed by atoms with E-state index in [1.807, 2.05) is 0 Å². The topological polar surface area (TPSA) is 67.6 Å². The van der Waals surface area contributed by atoms with Gasteiger partial charge >= 0.3 is 0 Å². The molecule has 1 aliphatic heterocycles. The Hall–Kier alpha value is -0.850. The van der Waals surface area contributed by atoms with Crippen LogP contribution in [-0.2, 0) is 22.6 Å². The Morgan fingerprint density at radius 1 is 1.15 bits per heavy atom. The number of rotatable bonds is 8. The summed E-state index contributed by atoms with van der Waals surface area (Å²) in [7, 11) is 0. The molecule has 5 nitrogen and oxygen atoms in total. The van der Waals surface area contributed by atoms with Crippen LogP contribution in [0.3, 0.4) is 0 Å². The van der Waals surface area contributed by atoms with E-state index < -0.39 is 6.04 Å². The second-order valence-corrected chi connectivity index (χ2v) is 6.47. The van der Waals surface area contributed by atoms with Crippen LogP contribution in [-0.4, -0.2) is 43.2 Å². The number of nitrogens with two attached hydrogens (primary N) is 1. The lowest BCUT2D eigenvalue weighted by molar-refractivity contribution is -0.124. The summed E-state index contributed by atoms with van der Waals surface area (Å²) in [4.78, 5) is 14.6. The molecule has 1 saturated heterocycles. The minimum Gasteiger partial charge on any atom is -0.381 e. The van der Waals surface area contributed by atoms with Gasteiger partial charge in [0, 0.05) is 26.3 Å². The second kappa shape index (κ2) is 13.3. The first-order chi connectivity index (χ1) is 11.6. The van der Waals surface area contributed by atoms with Gasteiger partial charge in [-0.15, -0.1) is 24.8 Å². The highest BCUT2D eigenvalue weighted by atomic mass is 35.5. The van der Waals surface area contributed by atoms with Crippen molar-refractivity contribution < 1.29 is 9.53 Å². The van der Waals surface area contributed by atoms with E-state index in [1.54, 1.807) is 0 Å². The summed E-state index contributed by atoms with van der Waals surface area (Å²) in [6.45, 7) is 9.37. The van der Waals surface area contributed by atoms with Crippen molar-refractivity contribution in [3.8, 4) is 0 Å². The van der Waals surface area contributed by atoms with Crippen molar-refractivity contribution >= 4 is 30.7 Å². The van der Waals surface area contributed by atoms with Gasteiger partial charge in [-0.1, -0.05) is 38.1 Å². The van der Waals surface area contributed by atoms with E-state index in [2.05, 4.69) is 48.3 Å². The highest BCUT2D eigenvalue weighted by Gasteiger charge is 2.26. The summed E-state index contributed by atoms with van der Waals surface area (Å²) < 4.78 is 5.32. The SMILES string of the molecule is CCN(CC)Cc1ccc(CNC(=O)C(N)C2CCOCC2)cc1.Cl.Cl. The average molecular weight is 406 g/mol. The van der Waals surface area contributed by atoms with Gasteiger partial charge < -0.3 is 15.8 Å². The maximum Gasteiger partial charge on any atom is 0.237 e. The summed E-state index contributed by atoms with van der Waals surface area (Å²) >= 11 is 0. The number of amides is 1. The molecule has 1 fully saturated rings. The Morgan fingerprint density at radius 2 is 1.69 bits per heavy atom. The van der Waals surface area contributed by atoms with Crippen LogP contribution in [0.2, 0.25) is 0 Å². The van der Waals surface area contributed by atoms with E-state index in [0.717, 1.165) is 38.0 Å². The van der Waals surface area contributed by atoms with Crippen LogP contribution in [0.4, 0.5) is 0 Å². The number of benzene rings is 1. The summed E-state index contributed by atoms with van der Waals surface area (Å²) in [6.07, 6.45) is 1.74. The van der Waals surface area contributed by atoms with E-state index in [4.69, 9.17) is 10.5 Å². The fraction of sp³-hybridized carbons (Fsp3) is 0.632. The van der Waals surface area contributed by atoms with Gasteiger partial charge in [0.15, 0.2) is 0 Å². The van der Waals surface area contributed by atoms with Gasteiger partial charge in [-0.3, -0.25) is 9.69 Å². The van der Waals surface area contributed by atoms with E-state index in [9.17, 15) is 4.79 Å². The third kappa shape index (κ3) is 7.80. The summed E-state index contributed by atoms with van der Waals surface area (Å²) in [5.41, 5.74) is 8.49. The molecule has 1 unspecified atom stereocenters. The lowest BCUT2D eigenvalue weighted by Gasteiger charge is -2.26. The molecule has 1 aromatic carbocycles. The van der Waals surface area contributed by atoms with Crippen LogP contribution in [0.25, 0.3) is 0 Å². The molecular formula is C19H33Cl2N3O2. The molecule has 0 saturated carbocycles. The van der Waals surface area contributed by atoms with Gasteiger partial charge in [-0.05, 0) is 43.0 Å². The Bertz CT molecular complexity index is 504. The zero-order valence-electron chi connectivity index (χ0n) is 15.8. The van der Waals surface area contributed by atoms with Gasteiger partial charge in [-0.2, -0.15) is 0 Å². The summed E-state index contributed by atoms with van der Waals surface area (Å²) in [5.74, 6) is 0.171. The van der Waals surface area contributed by atoms with Crippen LogP contribution < -0.4 is 11.1 Å². The van der Waals surface area contributed by atoms with Gasteiger partial charge in [-0.25, -0.2) is 0 Å². The van der Waals surface area contributed by atoms with Crippen molar-refractivity contribution in [3.05, 3.63) is 35.4 Å². The number of hydrogen-bond acceptors (Lipinski definition) is 4. The molecule has 0 spiro atoms. The fourth-order valence-electron chi connectivity index (χ4n) is 3.06. The zero-order valence-corrected chi connectivity index (χ0v) is 17.4. The highest BCUT2D eigenvalue weighted by molar-refractivity contribution is 5.85. The standard InChI is InChI=1S/C19H31N3O2.2ClH/c1-3-22(4-2)14-16-7-5-15(6-8-16)13-21-19(23)18(20)17-9-11-24-12-10-17;;/h5-8,17-18H,3-4,9-14,20H2,1-2H3,(H,21,23);2*1H. The largest absolute Gasteiger partial charge is 0.381 e. The Balaban J connectivity index is 0.00000312. The van der Waals surface area contributed by atoms with Crippen molar-refractivity contribution in [2.75, 3.05) is 26.3 Å². The first-order valence-corrected chi connectivity index (χ1v) is 9.05. The van der Waals surface area contributed by atoms with Crippen LogP contribution >= 0.6 is 24.8 Å². The van der Waals surface area contributed by atoms with E-state index >= 15 is 0 Å². The molecule has 26 heavy (non-hydrogen) atoms. The first-order valence-electron chi connectivity index (χ1n) is 9.05. The molecule has 1 atom stereocenters. The summed E-state index contributed by atoms with van der Waals surface area (Å²) in [5, 5.41) is 2.96. The minimum atomic E-state index is -0.434. The van der Waals surface area contributed by atoms with E-state index in [1.165, 1.54) is 5.56 Å². The second-order valence-electron chi connectivity index (χ2n) is 6.47. The van der Waals surface area contributed by atoms with Crippen LogP contribution in [0.15, 0.2) is 24.3 Å². The molecule has 0 aliphatic carbocycles. The minimum absolute atomic E-state index is 0. The number of carbonyl (C=O) groups excluding carboxylic acids is 1. The monoisotopic (exact) mass is 405 g/mol. The number of halogens is 2. The zero-order chi connectivity index (χ0) is 17.4. The van der Waals surface area contributed by atoms with Crippen LogP contribution in [0.1, 0.15) is 37.8 Å². The van der Waals surface area contributed by atoms with Gasteiger partial charge in [0.05, 0.1) is 6.04 Å². The van der Waals surface area contributed by atoms with E-state index in [-0.39, 0.29) is 36.6 Å². The lowest BCUT2D eigenvalue weighted by Crippen LogP contribution is -2.46. The fourth-order valence-corrected chi connectivity index (χ4v) is 3.06. The third-order valence-corrected chi connectivity index (χ3v) is 4.87. The van der Waals surface area contributed by atoms with Crippen molar-refractivity contribution in [1.82, 2.24) is 10.2 Å². The first kappa shape index (κ1) is 25.1. The molecular weight excluding hydrogens is 373 g/mol. The van der Waals surface area contributed by atoms with Crippen molar-refractivity contribution in [3.63, 3.8) is 0 Å². The van der Waals surface area contributed by atoms with Gasteiger partial charge in [0.2, 0.25) is 5.91 Å². The third-order valence-electron chi connectivity index (χ3n) is 4.87. The molecule has 0 bridgehead atoms. The van der Waals surface area contributed by atoms with Crippen molar-refractivity contribution in [2.24, 2.45) is 11.7 Å². The van der Waals surface area contributed by atoms with Crippen molar-refractivity contribution in [1.29, 1.82) is 0 Å². The highest BCUT2D eigenvalue weighted by Crippen LogP contribution is 2.17. The average Bonchev–Trinajstić information content (AvgIpc) is 2.65. The summed E-state index contributed by atoms with van der Waals surface area (Å²) in [6, 6.07) is 8.00.